The van der Waals surface area contributed by atoms with Crippen molar-refractivity contribution in [3.05, 3.63) is 59.7 Å². The topological polar surface area (TPSA) is 46.6 Å². The van der Waals surface area contributed by atoms with Crippen LogP contribution in [0.5, 0.6) is 5.75 Å². The van der Waals surface area contributed by atoms with Gasteiger partial charge in [-0.05, 0) is 39.0 Å². The molecule has 0 bridgehead atoms. The molecule has 4 nitrogen and oxygen atoms in total. The van der Waals surface area contributed by atoms with Crippen LogP contribution in [0.15, 0.2) is 48.5 Å². The average molecular weight is 358 g/mol. The number of halogens is 1. The van der Waals surface area contributed by atoms with Gasteiger partial charge in [0.25, 0.3) is 5.91 Å². The number of ketones is 1. The monoisotopic (exact) mass is 357 g/mol. The number of nitrogens with zero attached hydrogens (tertiary/aromatic N) is 1. The van der Waals surface area contributed by atoms with Crippen molar-refractivity contribution in [1.82, 2.24) is 0 Å². The lowest BCUT2D eigenvalue weighted by Crippen LogP contribution is -2.45. The Kier molecular flexibility index (Phi) is 4.82. The molecule has 2 atom stereocenters. The number of anilines is 1. The molecule has 0 aliphatic carbocycles. The Bertz CT molecular complexity index is 802. The fraction of sp³-hybridized carbons (Fsp3) is 0.300. The van der Waals surface area contributed by atoms with Crippen LogP contribution in [0.3, 0.4) is 0 Å². The summed E-state index contributed by atoms with van der Waals surface area (Å²) in [6.45, 7) is 5.51. The van der Waals surface area contributed by atoms with E-state index in [9.17, 15) is 9.59 Å². The molecule has 0 radical (unpaired) electrons. The Balaban J connectivity index is 2.07. The van der Waals surface area contributed by atoms with Crippen LogP contribution in [-0.2, 0) is 4.79 Å². The van der Waals surface area contributed by atoms with Gasteiger partial charge in [0.1, 0.15) is 5.75 Å². The first-order valence-corrected chi connectivity index (χ1v) is 8.70. The van der Waals surface area contributed by atoms with Gasteiger partial charge in [0.15, 0.2) is 5.78 Å². The normalized spacial score (nSPS) is 17.9. The van der Waals surface area contributed by atoms with E-state index in [0.29, 0.717) is 17.0 Å². The van der Waals surface area contributed by atoms with Gasteiger partial charge in [-0.15, -0.1) is 11.6 Å². The molecule has 0 saturated carbocycles. The van der Waals surface area contributed by atoms with E-state index in [1.54, 1.807) is 30.0 Å². The van der Waals surface area contributed by atoms with Crippen LogP contribution in [0.1, 0.15) is 42.8 Å². The third-order valence-corrected chi connectivity index (χ3v) is 4.39. The first-order valence-electron chi connectivity index (χ1n) is 8.27. The summed E-state index contributed by atoms with van der Waals surface area (Å²) in [6.07, 6.45) is -0.690. The van der Waals surface area contributed by atoms with Gasteiger partial charge in [0, 0.05) is 17.2 Å². The number of Topliss-reactive ketones (excluding diaryl/α,β-unsaturated/α-hetero) is 1. The number of ether oxygens (including phenoxy) is 1. The predicted octanol–water partition coefficient (Wildman–Crippen LogP) is 4.37. The Morgan fingerprint density at radius 3 is 2.40 bits per heavy atom. The second-order valence-corrected chi connectivity index (χ2v) is 7.03. The van der Waals surface area contributed by atoms with Crippen LogP contribution in [0, 0.1) is 0 Å². The summed E-state index contributed by atoms with van der Waals surface area (Å²) in [5, 5.41) is -0.622. The highest BCUT2D eigenvalue weighted by Gasteiger charge is 2.37. The second kappa shape index (κ2) is 6.89. The summed E-state index contributed by atoms with van der Waals surface area (Å²) in [4.78, 5) is 26.9. The molecular formula is C20H20ClNO3. The Morgan fingerprint density at radius 1 is 1.12 bits per heavy atom. The van der Waals surface area contributed by atoms with Crippen LogP contribution in [0.4, 0.5) is 5.69 Å². The highest BCUT2D eigenvalue weighted by Crippen LogP contribution is 2.40. The molecule has 2 aromatic carbocycles. The number of rotatable bonds is 4. The smallest absolute Gasteiger partial charge is 0.273 e. The lowest BCUT2D eigenvalue weighted by molar-refractivity contribution is -0.127. The highest BCUT2D eigenvalue weighted by atomic mass is 35.5. The van der Waals surface area contributed by atoms with Crippen molar-refractivity contribution in [1.29, 1.82) is 0 Å². The van der Waals surface area contributed by atoms with Gasteiger partial charge in [-0.3, -0.25) is 9.59 Å². The van der Waals surface area contributed by atoms with Gasteiger partial charge in [0.2, 0.25) is 6.10 Å². The molecule has 1 aliphatic rings. The van der Waals surface area contributed by atoms with Crippen molar-refractivity contribution < 1.29 is 14.3 Å². The molecular weight excluding hydrogens is 338 g/mol. The largest absolute Gasteiger partial charge is 0.474 e. The lowest BCUT2D eigenvalue weighted by Gasteiger charge is -2.37. The van der Waals surface area contributed by atoms with Crippen molar-refractivity contribution >= 4 is 29.0 Å². The summed E-state index contributed by atoms with van der Waals surface area (Å²) in [5.74, 6) is 0.268. The maximum Gasteiger partial charge on any atom is 0.273 e. The number of amides is 1. The van der Waals surface area contributed by atoms with Gasteiger partial charge in [-0.25, -0.2) is 0 Å². The van der Waals surface area contributed by atoms with E-state index in [1.807, 2.05) is 44.2 Å². The number of carbonyl (C=O) groups is 2. The molecule has 0 spiro atoms. The Hall–Kier alpha value is -2.33. The van der Waals surface area contributed by atoms with Crippen molar-refractivity contribution in [2.45, 2.75) is 38.3 Å². The summed E-state index contributed by atoms with van der Waals surface area (Å²) in [6, 6.07) is 14.5. The van der Waals surface area contributed by atoms with Crippen LogP contribution < -0.4 is 9.64 Å². The lowest BCUT2D eigenvalue weighted by atomic mass is 10.0. The number of hydrogen-bond donors (Lipinski definition) is 0. The summed E-state index contributed by atoms with van der Waals surface area (Å²) < 4.78 is 5.97. The van der Waals surface area contributed by atoms with E-state index in [4.69, 9.17) is 16.3 Å². The van der Waals surface area contributed by atoms with E-state index in [-0.39, 0.29) is 17.7 Å². The Labute approximate surface area is 152 Å². The van der Waals surface area contributed by atoms with E-state index >= 15 is 0 Å². The van der Waals surface area contributed by atoms with Crippen LogP contribution >= 0.6 is 11.6 Å². The minimum atomic E-state index is -0.690. The number of fused-ring (bicyclic) bond motifs is 1. The first-order chi connectivity index (χ1) is 11.9. The van der Waals surface area contributed by atoms with E-state index in [0.717, 1.165) is 5.56 Å². The van der Waals surface area contributed by atoms with Crippen LogP contribution in [0.25, 0.3) is 0 Å². The predicted molar refractivity (Wildman–Crippen MR) is 98.5 cm³/mol. The zero-order valence-electron chi connectivity index (χ0n) is 14.4. The average Bonchev–Trinajstić information content (AvgIpc) is 2.60. The third kappa shape index (κ3) is 3.27. The van der Waals surface area contributed by atoms with Crippen LogP contribution in [-0.4, -0.2) is 23.1 Å². The standard InChI is InChI=1S/C20H20ClNO3/c1-12(2)22-16-11-15(18(23)13(3)21)9-10-17(16)25-19(20(22)24)14-7-5-4-6-8-14/h4-13,19H,1-3H3. The van der Waals surface area contributed by atoms with E-state index in [2.05, 4.69) is 0 Å². The highest BCUT2D eigenvalue weighted by molar-refractivity contribution is 6.33. The SMILES string of the molecule is CC(Cl)C(=O)c1ccc2c(c1)N(C(C)C)C(=O)C(c1ccccc1)O2. The number of carbonyl (C=O) groups excluding carboxylic acids is 2. The van der Waals surface area contributed by atoms with E-state index < -0.39 is 11.5 Å². The fourth-order valence-corrected chi connectivity index (χ4v) is 3.11. The molecule has 0 aromatic heterocycles. The molecule has 1 aliphatic heterocycles. The van der Waals surface area contributed by atoms with Crippen molar-refractivity contribution in [3.8, 4) is 5.75 Å². The van der Waals surface area contributed by atoms with Crippen LogP contribution in [0.2, 0.25) is 0 Å². The molecule has 0 fully saturated rings. The van der Waals surface area contributed by atoms with E-state index in [1.165, 1.54) is 0 Å². The zero-order chi connectivity index (χ0) is 18.1. The Morgan fingerprint density at radius 2 is 1.80 bits per heavy atom. The summed E-state index contributed by atoms with van der Waals surface area (Å²) >= 11 is 5.92. The molecule has 1 amide bonds. The second-order valence-electron chi connectivity index (χ2n) is 6.37. The van der Waals surface area contributed by atoms with Gasteiger partial charge in [0.05, 0.1) is 11.1 Å². The number of alkyl halides is 1. The first kappa shape index (κ1) is 17.5. The molecule has 2 unspecified atom stereocenters. The molecule has 5 heteroatoms. The quantitative estimate of drug-likeness (QED) is 0.603. The maximum absolute atomic E-state index is 13.0. The maximum atomic E-state index is 13.0. The summed E-state index contributed by atoms with van der Waals surface area (Å²) in [7, 11) is 0. The minimum absolute atomic E-state index is 0.0693. The van der Waals surface area contributed by atoms with Gasteiger partial charge >= 0.3 is 0 Å². The number of benzene rings is 2. The van der Waals surface area contributed by atoms with Gasteiger partial charge in [-0.1, -0.05) is 30.3 Å². The summed E-state index contributed by atoms with van der Waals surface area (Å²) in [5.41, 5.74) is 1.88. The number of hydrogen-bond acceptors (Lipinski definition) is 3. The third-order valence-electron chi connectivity index (χ3n) is 4.19. The minimum Gasteiger partial charge on any atom is -0.474 e. The molecule has 1 heterocycles. The molecule has 0 saturated heterocycles. The molecule has 2 aromatic rings. The molecule has 130 valence electrons. The van der Waals surface area contributed by atoms with Gasteiger partial charge < -0.3 is 9.64 Å². The fourth-order valence-electron chi connectivity index (χ4n) is 2.98. The molecule has 0 N–H and O–H groups in total. The van der Waals surface area contributed by atoms with Crippen molar-refractivity contribution in [3.63, 3.8) is 0 Å². The molecule has 25 heavy (non-hydrogen) atoms. The molecule has 3 rings (SSSR count). The zero-order valence-corrected chi connectivity index (χ0v) is 15.2. The van der Waals surface area contributed by atoms with Crippen molar-refractivity contribution in [2.75, 3.05) is 4.90 Å². The van der Waals surface area contributed by atoms with Crippen molar-refractivity contribution in [2.24, 2.45) is 0 Å². The van der Waals surface area contributed by atoms with Gasteiger partial charge in [-0.2, -0.15) is 0 Å².